The minimum absolute atomic E-state index is 0.358. The molecule has 0 atom stereocenters. The zero-order valence-corrected chi connectivity index (χ0v) is 7.27. The molecule has 0 unspecified atom stereocenters. The van der Waals surface area contributed by atoms with Crippen LogP contribution >= 0.6 is 0 Å². The number of rotatable bonds is 1. The van der Waals surface area contributed by atoms with Crippen molar-refractivity contribution < 1.29 is 8.42 Å². The summed E-state index contributed by atoms with van der Waals surface area (Å²) in [6, 6.07) is 3.20. The van der Waals surface area contributed by atoms with Gasteiger partial charge in [-0.2, -0.15) is 8.42 Å². The van der Waals surface area contributed by atoms with Crippen molar-refractivity contribution in [3.8, 4) is 0 Å². The van der Waals surface area contributed by atoms with E-state index in [0.29, 0.717) is 11.2 Å². The number of nitrogens with zero attached hydrogens (tertiary/aromatic N) is 3. The van der Waals surface area contributed by atoms with E-state index < -0.39 is 10.2 Å². The molecule has 0 saturated heterocycles. The van der Waals surface area contributed by atoms with Crippen molar-refractivity contribution >= 4 is 21.4 Å². The van der Waals surface area contributed by atoms with Crippen molar-refractivity contribution in [2.75, 3.05) is 0 Å². The van der Waals surface area contributed by atoms with Crippen molar-refractivity contribution in [3.63, 3.8) is 0 Å². The zero-order valence-electron chi connectivity index (χ0n) is 6.45. The van der Waals surface area contributed by atoms with Crippen molar-refractivity contribution in [3.05, 3.63) is 24.7 Å². The molecule has 2 aromatic heterocycles. The highest BCUT2D eigenvalue weighted by Crippen LogP contribution is 2.09. The van der Waals surface area contributed by atoms with Crippen LogP contribution in [0.25, 0.3) is 11.2 Å². The summed E-state index contributed by atoms with van der Waals surface area (Å²) in [5, 5.41) is 4.93. The quantitative estimate of drug-likeness (QED) is 0.667. The first-order valence-corrected chi connectivity index (χ1v) is 4.91. The predicted molar refractivity (Wildman–Crippen MR) is 46.0 cm³/mol. The normalized spacial score (nSPS) is 12.1. The second-order valence-electron chi connectivity index (χ2n) is 2.43. The zero-order chi connectivity index (χ0) is 9.47. The molecule has 0 radical (unpaired) electrons. The van der Waals surface area contributed by atoms with E-state index in [2.05, 4.69) is 9.97 Å². The summed E-state index contributed by atoms with van der Waals surface area (Å²) < 4.78 is 22.8. The van der Waals surface area contributed by atoms with E-state index in [-0.39, 0.29) is 0 Å². The third-order valence-corrected chi connectivity index (χ3v) is 2.40. The molecular formula is C6H6N4O2S. The van der Waals surface area contributed by atoms with Crippen molar-refractivity contribution in [1.29, 1.82) is 0 Å². The number of imidazole rings is 1. The Hall–Kier alpha value is -1.47. The lowest BCUT2D eigenvalue weighted by Crippen LogP contribution is -2.20. The molecule has 7 heteroatoms. The molecule has 68 valence electrons. The Morgan fingerprint density at radius 3 is 2.85 bits per heavy atom. The number of nitrogens with two attached hydrogens (primary N) is 1. The van der Waals surface area contributed by atoms with Gasteiger partial charge >= 0.3 is 10.2 Å². The first-order chi connectivity index (χ1) is 6.09. The largest absolute Gasteiger partial charge is 0.304 e. The molecule has 13 heavy (non-hydrogen) atoms. The fraction of sp³-hybridized carbons (Fsp3) is 0. The average molecular weight is 198 g/mol. The van der Waals surface area contributed by atoms with Gasteiger partial charge in [0, 0.05) is 6.20 Å². The number of hydrogen-bond donors (Lipinski definition) is 1. The number of pyridine rings is 1. The van der Waals surface area contributed by atoms with Crippen LogP contribution in [0.3, 0.4) is 0 Å². The summed E-state index contributed by atoms with van der Waals surface area (Å²) in [7, 11) is -3.77. The standard InChI is InChI=1S/C6H6N4O2S/c7-13(11,12)10-4-9-6-5(10)2-1-3-8-6/h1-4H,(H2,7,11,12). The molecule has 2 heterocycles. The molecule has 2 N–H and O–H groups in total. The molecule has 6 nitrogen and oxygen atoms in total. The molecule has 0 aromatic carbocycles. The van der Waals surface area contributed by atoms with E-state index in [1.54, 1.807) is 12.1 Å². The molecule has 0 saturated carbocycles. The van der Waals surface area contributed by atoms with E-state index in [1.807, 2.05) is 0 Å². The van der Waals surface area contributed by atoms with Crippen molar-refractivity contribution in [1.82, 2.24) is 13.9 Å². The van der Waals surface area contributed by atoms with Gasteiger partial charge in [-0.05, 0) is 12.1 Å². The fourth-order valence-electron chi connectivity index (χ4n) is 1.03. The molecule has 0 aliphatic rings. The Morgan fingerprint density at radius 1 is 1.38 bits per heavy atom. The maximum atomic E-state index is 11.0. The molecule has 2 aromatic rings. The van der Waals surface area contributed by atoms with Crippen LogP contribution < -0.4 is 5.14 Å². The molecule has 0 amide bonds. The molecule has 0 bridgehead atoms. The van der Waals surface area contributed by atoms with Gasteiger partial charge in [0.25, 0.3) is 0 Å². The topological polar surface area (TPSA) is 90.9 Å². The van der Waals surface area contributed by atoms with Crippen LogP contribution in [0.4, 0.5) is 0 Å². The minimum Gasteiger partial charge on any atom is -0.235 e. The van der Waals surface area contributed by atoms with Gasteiger partial charge in [-0.3, -0.25) is 0 Å². The monoisotopic (exact) mass is 198 g/mol. The second-order valence-corrected chi connectivity index (χ2v) is 3.85. The Balaban J connectivity index is 2.87. The maximum absolute atomic E-state index is 11.0. The van der Waals surface area contributed by atoms with Gasteiger partial charge in [-0.15, -0.1) is 0 Å². The lowest BCUT2D eigenvalue weighted by Gasteiger charge is -1.97. The van der Waals surface area contributed by atoms with Crippen LogP contribution in [-0.2, 0) is 10.2 Å². The fourth-order valence-corrected chi connectivity index (χ4v) is 1.63. The van der Waals surface area contributed by atoms with Gasteiger partial charge in [0.2, 0.25) is 0 Å². The Labute approximate surface area is 74.2 Å². The highest BCUT2D eigenvalue weighted by molar-refractivity contribution is 7.87. The van der Waals surface area contributed by atoms with E-state index >= 15 is 0 Å². The van der Waals surface area contributed by atoms with E-state index in [9.17, 15) is 8.42 Å². The minimum atomic E-state index is -3.77. The highest BCUT2D eigenvalue weighted by atomic mass is 32.2. The molecule has 0 aliphatic heterocycles. The molecule has 0 spiro atoms. The van der Waals surface area contributed by atoms with Crippen molar-refractivity contribution in [2.45, 2.75) is 0 Å². The molecule has 0 fully saturated rings. The predicted octanol–water partition coefficient (Wildman–Crippen LogP) is -0.517. The third kappa shape index (κ3) is 1.27. The summed E-state index contributed by atoms with van der Waals surface area (Å²) in [4.78, 5) is 7.64. The maximum Gasteiger partial charge on any atom is 0.304 e. The number of hydrogen-bond acceptors (Lipinski definition) is 4. The number of aromatic nitrogens is 3. The Morgan fingerprint density at radius 2 is 2.15 bits per heavy atom. The summed E-state index contributed by atoms with van der Waals surface area (Å²) in [5.41, 5.74) is 0.738. The van der Waals surface area contributed by atoms with Crippen LogP contribution in [0, 0.1) is 0 Å². The molecular weight excluding hydrogens is 192 g/mol. The van der Waals surface area contributed by atoms with Crippen LogP contribution in [-0.4, -0.2) is 22.4 Å². The van der Waals surface area contributed by atoms with Gasteiger partial charge in [0.15, 0.2) is 5.65 Å². The number of fused-ring (bicyclic) bond motifs is 1. The van der Waals surface area contributed by atoms with E-state index in [1.165, 1.54) is 6.20 Å². The Kier molecular flexibility index (Phi) is 1.57. The van der Waals surface area contributed by atoms with Gasteiger partial charge in [-0.1, -0.05) is 0 Å². The Bertz CT molecular complexity index is 545. The van der Waals surface area contributed by atoms with Gasteiger partial charge < -0.3 is 0 Å². The SMILES string of the molecule is NS(=O)(=O)n1cnc2ncccc21. The molecule has 0 aliphatic carbocycles. The van der Waals surface area contributed by atoms with Crippen LogP contribution in [0.5, 0.6) is 0 Å². The van der Waals surface area contributed by atoms with E-state index in [0.717, 1.165) is 10.3 Å². The van der Waals surface area contributed by atoms with Crippen molar-refractivity contribution in [2.24, 2.45) is 5.14 Å². The van der Waals surface area contributed by atoms with Crippen LogP contribution in [0.2, 0.25) is 0 Å². The van der Waals surface area contributed by atoms with Crippen LogP contribution in [0.15, 0.2) is 24.7 Å². The van der Waals surface area contributed by atoms with Gasteiger partial charge in [-0.25, -0.2) is 19.1 Å². The van der Waals surface area contributed by atoms with E-state index in [4.69, 9.17) is 5.14 Å². The van der Waals surface area contributed by atoms with Gasteiger partial charge in [0.05, 0.1) is 0 Å². The molecule has 2 rings (SSSR count). The average Bonchev–Trinajstić information content (AvgIpc) is 2.45. The summed E-state index contributed by atoms with van der Waals surface area (Å²) in [6.07, 6.45) is 2.66. The summed E-state index contributed by atoms with van der Waals surface area (Å²) >= 11 is 0. The first kappa shape index (κ1) is 8.14. The van der Waals surface area contributed by atoms with Crippen LogP contribution in [0.1, 0.15) is 0 Å². The lowest BCUT2D eigenvalue weighted by atomic mass is 10.4. The highest BCUT2D eigenvalue weighted by Gasteiger charge is 2.10. The lowest BCUT2D eigenvalue weighted by molar-refractivity contribution is 0.590. The smallest absolute Gasteiger partial charge is 0.235 e. The summed E-state index contributed by atoms with van der Waals surface area (Å²) in [5.74, 6) is 0. The first-order valence-electron chi connectivity index (χ1n) is 3.40. The summed E-state index contributed by atoms with van der Waals surface area (Å²) in [6.45, 7) is 0. The third-order valence-electron chi connectivity index (χ3n) is 1.56. The van der Waals surface area contributed by atoms with Gasteiger partial charge in [0.1, 0.15) is 11.8 Å². The second kappa shape index (κ2) is 2.51.